The first-order valence-electron chi connectivity index (χ1n) is 12.3. The summed E-state index contributed by atoms with van der Waals surface area (Å²) in [6, 6.07) is 14.3. The SMILES string of the molecule is CCOP(=O)(O)N[C@H](C(=O)NC(Cc1ccc(OCc2ccccc2)cc1)C(=O)NCC(=O)O)[C@@H](C)CC. The summed E-state index contributed by atoms with van der Waals surface area (Å²) in [7, 11) is -4.27. The Bertz CT molecular complexity index is 1100. The van der Waals surface area contributed by atoms with E-state index in [4.69, 9.17) is 14.4 Å². The second kappa shape index (κ2) is 15.2. The third-order valence-electron chi connectivity index (χ3n) is 5.76. The molecule has 208 valence electrons. The van der Waals surface area contributed by atoms with Crippen molar-refractivity contribution in [1.82, 2.24) is 15.7 Å². The average Bonchev–Trinajstić information content (AvgIpc) is 2.89. The van der Waals surface area contributed by atoms with Gasteiger partial charge < -0.3 is 25.4 Å². The molecule has 0 aromatic heterocycles. The van der Waals surface area contributed by atoms with E-state index in [1.165, 1.54) is 0 Å². The molecular weight excluding hydrogens is 513 g/mol. The second-order valence-corrected chi connectivity index (χ2v) is 10.3. The molecule has 0 aliphatic carbocycles. The van der Waals surface area contributed by atoms with Crippen molar-refractivity contribution < 1.29 is 38.2 Å². The molecule has 0 fully saturated rings. The molecule has 0 saturated heterocycles. The van der Waals surface area contributed by atoms with Crippen LogP contribution in [-0.4, -0.2) is 53.0 Å². The van der Waals surface area contributed by atoms with Crippen LogP contribution in [0.15, 0.2) is 54.6 Å². The van der Waals surface area contributed by atoms with Crippen molar-refractivity contribution in [2.24, 2.45) is 5.92 Å². The maximum Gasteiger partial charge on any atom is 0.403 e. The van der Waals surface area contributed by atoms with Gasteiger partial charge in [0.25, 0.3) is 0 Å². The maximum atomic E-state index is 13.2. The van der Waals surface area contributed by atoms with Crippen molar-refractivity contribution in [2.75, 3.05) is 13.2 Å². The molecule has 2 amide bonds. The predicted molar refractivity (Wildman–Crippen MR) is 141 cm³/mol. The maximum absolute atomic E-state index is 13.2. The van der Waals surface area contributed by atoms with E-state index in [9.17, 15) is 23.8 Å². The third-order valence-corrected chi connectivity index (χ3v) is 6.97. The normalized spacial score (nSPS) is 14.9. The first kappa shape index (κ1) is 31.0. The quantitative estimate of drug-likeness (QED) is 0.198. The van der Waals surface area contributed by atoms with Crippen LogP contribution in [0.1, 0.15) is 38.3 Å². The number of benzene rings is 2. The zero-order valence-electron chi connectivity index (χ0n) is 21.8. The number of rotatable bonds is 16. The Morgan fingerprint density at radius 3 is 2.21 bits per heavy atom. The average molecular weight is 550 g/mol. The van der Waals surface area contributed by atoms with Gasteiger partial charge in [-0.3, -0.25) is 18.9 Å². The van der Waals surface area contributed by atoms with Crippen LogP contribution >= 0.6 is 7.75 Å². The highest BCUT2D eigenvalue weighted by molar-refractivity contribution is 7.50. The second-order valence-electron chi connectivity index (χ2n) is 8.73. The molecule has 0 radical (unpaired) electrons. The van der Waals surface area contributed by atoms with Crippen LogP contribution in [0, 0.1) is 5.92 Å². The molecular formula is C26H36N3O8P. The van der Waals surface area contributed by atoms with Gasteiger partial charge in [-0.05, 0) is 36.1 Å². The van der Waals surface area contributed by atoms with Gasteiger partial charge in [-0.15, -0.1) is 0 Å². The summed E-state index contributed by atoms with van der Waals surface area (Å²) in [4.78, 5) is 47.0. The monoisotopic (exact) mass is 549 g/mol. The molecule has 0 aliphatic heterocycles. The van der Waals surface area contributed by atoms with Gasteiger partial charge in [-0.25, -0.2) is 9.65 Å². The lowest BCUT2D eigenvalue weighted by molar-refractivity contribution is -0.138. The van der Waals surface area contributed by atoms with Crippen molar-refractivity contribution >= 4 is 25.5 Å². The molecule has 5 N–H and O–H groups in total. The van der Waals surface area contributed by atoms with E-state index >= 15 is 0 Å². The van der Waals surface area contributed by atoms with E-state index in [-0.39, 0.29) is 18.9 Å². The fourth-order valence-electron chi connectivity index (χ4n) is 3.52. The first-order valence-corrected chi connectivity index (χ1v) is 13.9. The van der Waals surface area contributed by atoms with Crippen LogP contribution in [0.25, 0.3) is 0 Å². The summed E-state index contributed by atoms with van der Waals surface area (Å²) in [6.45, 7) is 4.80. The third kappa shape index (κ3) is 10.6. The van der Waals surface area contributed by atoms with E-state index in [2.05, 4.69) is 15.7 Å². The van der Waals surface area contributed by atoms with Gasteiger partial charge in [0.15, 0.2) is 0 Å². The molecule has 0 heterocycles. The fraction of sp³-hybridized carbons (Fsp3) is 0.423. The minimum absolute atomic E-state index is 0.0408. The number of ether oxygens (including phenoxy) is 1. The number of nitrogens with one attached hydrogen (secondary N) is 3. The van der Waals surface area contributed by atoms with E-state index in [1.807, 2.05) is 37.3 Å². The van der Waals surface area contributed by atoms with Crippen LogP contribution < -0.4 is 20.5 Å². The van der Waals surface area contributed by atoms with E-state index < -0.39 is 44.2 Å². The summed E-state index contributed by atoms with van der Waals surface area (Å²) in [5, 5.41) is 16.2. The highest BCUT2D eigenvalue weighted by Gasteiger charge is 2.34. The number of hydrogen-bond acceptors (Lipinski definition) is 6. The van der Waals surface area contributed by atoms with E-state index in [0.717, 1.165) is 5.56 Å². The predicted octanol–water partition coefficient (Wildman–Crippen LogP) is 2.63. The van der Waals surface area contributed by atoms with Gasteiger partial charge in [0, 0.05) is 6.42 Å². The highest BCUT2D eigenvalue weighted by atomic mass is 31.2. The molecule has 2 rings (SSSR count). The molecule has 0 bridgehead atoms. The summed E-state index contributed by atoms with van der Waals surface area (Å²) < 4.78 is 22.9. The number of amides is 2. The number of hydrogen-bond donors (Lipinski definition) is 5. The number of carbonyl (C=O) groups excluding carboxylic acids is 2. The number of carbonyl (C=O) groups is 3. The summed E-state index contributed by atoms with van der Waals surface area (Å²) >= 11 is 0. The standard InChI is InChI=1S/C26H36N3O8P/c1-4-18(3)24(29-38(34,35)37-5-2)26(33)28-22(25(32)27-16-23(30)31)15-19-11-13-21(14-12-19)36-17-20-9-7-6-8-10-20/h6-14,18,22,24H,4-5,15-17H2,1-3H3,(H,27,32)(H,28,33)(H,30,31)(H2,29,34,35)/t18-,22?,24-/m0/s1. The highest BCUT2D eigenvalue weighted by Crippen LogP contribution is 2.38. The summed E-state index contributed by atoms with van der Waals surface area (Å²) in [6.07, 6.45) is 0.545. The molecule has 0 saturated carbocycles. The van der Waals surface area contributed by atoms with Gasteiger partial charge in [0.2, 0.25) is 11.8 Å². The molecule has 12 heteroatoms. The molecule has 38 heavy (non-hydrogen) atoms. The minimum Gasteiger partial charge on any atom is -0.489 e. The Kier molecular flexibility index (Phi) is 12.4. The number of carboxylic acids is 1. The first-order chi connectivity index (χ1) is 18.0. The molecule has 2 aromatic rings. The van der Waals surface area contributed by atoms with Gasteiger partial charge in [0.05, 0.1) is 12.6 Å². The van der Waals surface area contributed by atoms with Gasteiger partial charge >= 0.3 is 13.7 Å². The molecule has 0 aliphatic rings. The zero-order valence-corrected chi connectivity index (χ0v) is 22.6. The zero-order chi connectivity index (χ0) is 28.1. The largest absolute Gasteiger partial charge is 0.489 e. The van der Waals surface area contributed by atoms with Crippen molar-refractivity contribution in [3.63, 3.8) is 0 Å². The molecule has 4 atom stereocenters. The molecule has 0 spiro atoms. The lowest BCUT2D eigenvalue weighted by Crippen LogP contribution is -2.55. The lowest BCUT2D eigenvalue weighted by atomic mass is 9.98. The Morgan fingerprint density at radius 2 is 1.63 bits per heavy atom. The van der Waals surface area contributed by atoms with Crippen LogP contribution in [0.4, 0.5) is 0 Å². The Labute approximate surface area is 222 Å². The van der Waals surface area contributed by atoms with Gasteiger partial charge in [0.1, 0.15) is 24.9 Å². The Morgan fingerprint density at radius 1 is 0.974 bits per heavy atom. The topological polar surface area (TPSA) is 163 Å². The Hall–Kier alpha value is -3.24. The van der Waals surface area contributed by atoms with Gasteiger partial charge in [-0.2, -0.15) is 0 Å². The van der Waals surface area contributed by atoms with Crippen LogP contribution in [0.3, 0.4) is 0 Å². The Balaban J connectivity index is 2.16. The fourth-order valence-corrected chi connectivity index (χ4v) is 4.67. The number of carboxylic acid groups (broad SMARTS) is 1. The van der Waals surface area contributed by atoms with E-state index in [1.54, 1.807) is 38.1 Å². The minimum atomic E-state index is -4.27. The van der Waals surface area contributed by atoms with Crippen LogP contribution in [0.2, 0.25) is 0 Å². The van der Waals surface area contributed by atoms with Gasteiger partial charge in [-0.1, -0.05) is 62.7 Å². The van der Waals surface area contributed by atoms with Crippen molar-refractivity contribution in [3.8, 4) is 5.75 Å². The smallest absolute Gasteiger partial charge is 0.403 e. The molecule has 2 unspecified atom stereocenters. The number of aliphatic carboxylic acids is 1. The summed E-state index contributed by atoms with van der Waals surface area (Å²) in [5.41, 5.74) is 1.69. The molecule has 2 aromatic carbocycles. The van der Waals surface area contributed by atoms with E-state index in [0.29, 0.717) is 24.3 Å². The van der Waals surface area contributed by atoms with Crippen LogP contribution in [-0.2, 0) is 36.5 Å². The lowest BCUT2D eigenvalue weighted by Gasteiger charge is -2.27. The summed E-state index contributed by atoms with van der Waals surface area (Å²) in [5.74, 6) is -2.39. The van der Waals surface area contributed by atoms with Crippen molar-refractivity contribution in [2.45, 2.75) is 52.3 Å². The van der Waals surface area contributed by atoms with Crippen molar-refractivity contribution in [3.05, 3.63) is 65.7 Å². The molecule has 11 nitrogen and oxygen atoms in total. The van der Waals surface area contributed by atoms with Crippen molar-refractivity contribution in [1.29, 1.82) is 0 Å². The van der Waals surface area contributed by atoms with Crippen LogP contribution in [0.5, 0.6) is 5.75 Å².